The van der Waals surface area contributed by atoms with Gasteiger partial charge in [-0.2, -0.15) is 0 Å². The minimum Gasteiger partial charge on any atom is -0.454 e. The molecule has 0 atom stereocenters. The average molecular weight is 766 g/mol. The van der Waals surface area contributed by atoms with Gasteiger partial charge in [-0.3, -0.25) is 0 Å². The van der Waals surface area contributed by atoms with E-state index in [0.29, 0.717) is 0 Å². The Morgan fingerprint density at radius 3 is 1.30 bits per heavy atom. The van der Waals surface area contributed by atoms with E-state index in [-0.39, 0.29) is 0 Å². The molecule has 1 aliphatic rings. The topological polar surface area (TPSA) is 12.5 Å². The predicted molar refractivity (Wildman–Crippen MR) is 251 cm³/mol. The SMILES string of the molecule is c1ccc(-c2ccc(-c3ccc(N(c4ccccc4)c4cccc5c4Oc4cc6ccccc6cc4-c4ccc(-c6ccc(-c7ccccc7)cc6)cc4-5)cc3)cc2)cc1. The molecular weight excluding hydrogens is 727 g/mol. The van der Waals surface area contributed by atoms with Crippen LogP contribution in [-0.4, -0.2) is 0 Å². The van der Waals surface area contributed by atoms with E-state index in [9.17, 15) is 0 Å². The fourth-order valence-corrected chi connectivity index (χ4v) is 8.60. The second-order valence-corrected chi connectivity index (χ2v) is 15.3. The Hall–Kier alpha value is -7.94. The van der Waals surface area contributed by atoms with Crippen molar-refractivity contribution in [2.24, 2.45) is 0 Å². The number of hydrogen-bond acceptors (Lipinski definition) is 2. The van der Waals surface area contributed by atoms with E-state index in [0.717, 1.165) is 67.3 Å². The van der Waals surface area contributed by atoms with E-state index in [1.807, 2.05) is 0 Å². The highest BCUT2D eigenvalue weighted by atomic mass is 16.5. The molecule has 1 heterocycles. The van der Waals surface area contributed by atoms with Crippen LogP contribution in [0.5, 0.6) is 11.5 Å². The van der Waals surface area contributed by atoms with Crippen LogP contribution in [0.25, 0.3) is 77.5 Å². The zero-order valence-corrected chi connectivity index (χ0v) is 32.9. The van der Waals surface area contributed by atoms with E-state index in [1.165, 1.54) is 38.8 Å². The lowest BCUT2D eigenvalue weighted by Gasteiger charge is -2.28. The molecule has 0 saturated carbocycles. The molecule has 60 heavy (non-hydrogen) atoms. The van der Waals surface area contributed by atoms with Crippen molar-refractivity contribution in [1.29, 1.82) is 0 Å². The summed E-state index contributed by atoms with van der Waals surface area (Å²) < 4.78 is 7.26. The van der Waals surface area contributed by atoms with Gasteiger partial charge in [-0.1, -0.05) is 188 Å². The van der Waals surface area contributed by atoms with Gasteiger partial charge in [0.1, 0.15) is 5.75 Å². The van der Waals surface area contributed by atoms with Gasteiger partial charge in [0.15, 0.2) is 5.75 Å². The van der Waals surface area contributed by atoms with Crippen LogP contribution in [0.2, 0.25) is 0 Å². The Kier molecular flexibility index (Phi) is 8.87. The number of nitrogens with zero attached hydrogens (tertiary/aromatic N) is 1. The summed E-state index contributed by atoms with van der Waals surface area (Å²) in [6.07, 6.45) is 0. The van der Waals surface area contributed by atoms with Gasteiger partial charge in [-0.05, 0) is 115 Å². The Balaban J connectivity index is 1.04. The van der Waals surface area contributed by atoms with Crippen molar-refractivity contribution >= 4 is 27.8 Å². The van der Waals surface area contributed by atoms with Crippen LogP contribution < -0.4 is 9.64 Å². The highest BCUT2D eigenvalue weighted by Crippen LogP contribution is 2.54. The Labute approximate surface area is 350 Å². The summed E-state index contributed by atoms with van der Waals surface area (Å²) in [5, 5.41) is 2.32. The average Bonchev–Trinajstić information content (AvgIpc) is 3.46. The van der Waals surface area contributed by atoms with E-state index in [2.05, 4.69) is 241 Å². The van der Waals surface area contributed by atoms with Crippen molar-refractivity contribution in [2.45, 2.75) is 0 Å². The summed E-state index contributed by atoms with van der Waals surface area (Å²) in [7, 11) is 0. The molecule has 0 aliphatic carbocycles. The monoisotopic (exact) mass is 765 g/mol. The number of hydrogen-bond donors (Lipinski definition) is 0. The maximum Gasteiger partial charge on any atom is 0.159 e. The van der Waals surface area contributed by atoms with Gasteiger partial charge in [0, 0.05) is 22.5 Å². The Bertz CT molecular complexity index is 3120. The van der Waals surface area contributed by atoms with Crippen molar-refractivity contribution in [3.63, 3.8) is 0 Å². The van der Waals surface area contributed by atoms with E-state index in [4.69, 9.17) is 4.74 Å². The minimum atomic E-state index is 0.814. The predicted octanol–water partition coefficient (Wildman–Crippen LogP) is 16.4. The molecule has 10 aromatic carbocycles. The van der Waals surface area contributed by atoms with Gasteiger partial charge >= 0.3 is 0 Å². The lowest BCUT2D eigenvalue weighted by Crippen LogP contribution is -2.11. The van der Waals surface area contributed by atoms with E-state index < -0.39 is 0 Å². The van der Waals surface area contributed by atoms with Gasteiger partial charge in [0.05, 0.1) is 5.69 Å². The molecular formula is C58H39NO. The first-order chi connectivity index (χ1) is 29.7. The normalized spacial score (nSPS) is 11.5. The molecule has 11 rings (SSSR count). The third kappa shape index (κ3) is 6.51. The maximum atomic E-state index is 7.26. The molecule has 0 saturated heterocycles. The molecule has 1 aliphatic heterocycles. The van der Waals surface area contributed by atoms with E-state index in [1.54, 1.807) is 0 Å². The standard InChI is InChI=1S/C58H39NO/c1-4-13-40(14-5-1)42-23-25-44(26-24-42)45-31-34-51(35-32-45)59(50-19-8-3-9-20-50)56-22-12-21-53-54-37-49(46-29-27-43(28-30-46)41-15-6-2-7-16-41)33-36-52(54)55-38-47-17-10-11-18-48(47)39-57(55)60-58(53)56/h1-39H. The molecule has 0 aromatic heterocycles. The van der Waals surface area contributed by atoms with Crippen molar-refractivity contribution in [2.75, 3.05) is 4.90 Å². The molecule has 10 aromatic rings. The smallest absolute Gasteiger partial charge is 0.159 e. The summed E-state index contributed by atoms with van der Waals surface area (Å²) in [6, 6.07) is 84.7. The summed E-state index contributed by atoms with van der Waals surface area (Å²) in [5.41, 5.74) is 16.9. The van der Waals surface area contributed by atoms with Crippen molar-refractivity contribution in [1.82, 2.24) is 0 Å². The number of benzene rings is 10. The Morgan fingerprint density at radius 2 is 0.717 bits per heavy atom. The van der Waals surface area contributed by atoms with Gasteiger partial charge in [0.25, 0.3) is 0 Å². The second kappa shape index (κ2) is 15.1. The van der Waals surface area contributed by atoms with Gasteiger partial charge in [-0.25, -0.2) is 0 Å². The van der Waals surface area contributed by atoms with Crippen LogP contribution in [0.4, 0.5) is 17.1 Å². The van der Waals surface area contributed by atoms with Crippen LogP contribution in [-0.2, 0) is 0 Å². The highest BCUT2D eigenvalue weighted by molar-refractivity contribution is 6.00. The summed E-state index contributed by atoms with van der Waals surface area (Å²) >= 11 is 0. The molecule has 0 spiro atoms. The minimum absolute atomic E-state index is 0.814. The molecule has 0 bridgehead atoms. The van der Waals surface area contributed by atoms with Crippen LogP contribution >= 0.6 is 0 Å². The fourth-order valence-electron chi connectivity index (χ4n) is 8.60. The number of para-hydroxylation sites is 2. The summed E-state index contributed by atoms with van der Waals surface area (Å²) in [6.45, 7) is 0. The first-order valence-electron chi connectivity index (χ1n) is 20.5. The second-order valence-electron chi connectivity index (χ2n) is 15.3. The van der Waals surface area contributed by atoms with Crippen molar-refractivity contribution in [3.8, 4) is 78.3 Å². The lowest BCUT2D eigenvalue weighted by atomic mass is 9.89. The third-order valence-corrected chi connectivity index (χ3v) is 11.7. The number of anilines is 3. The largest absolute Gasteiger partial charge is 0.454 e. The Morgan fingerprint density at radius 1 is 0.267 bits per heavy atom. The number of fused-ring (bicyclic) bond motifs is 6. The molecule has 2 heteroatoms. The first-order valence-corrected chi connectivity index (χ1v) is 20.5. The molecule has 0 N–H and O–H groups in total. The number of rotatable bonds is 7. The quantitative estimate of drug-likeness (QED) is 0.160. The van der Waals surface area contributed by atoms with Crippen molar-refractivity contribution in [3.05, 3.63) is 237 Å². The molecule has 0 amide bonds. The molecule has 0 radical (unpaired) electrons. The van der Waals surface area contributed by atoms with Crippen LogP contribution in [0.3, 0.4) is 0 Å². The third-order valence-electron chi connectivity index (χ3n) is 11.7. The zero-order chi connectivity index (χ0) is 39.8. The summed E-state index contributed by atoms with van der Waals surface area (Å²) in [4.78, 5) is 2.32. The molecule has 0 unspecified atom stereocenters. The first kappa shape index (κ1) is 35.2. The molecule has 282 valence electrons. The zero-order valence-electron chi connectivity index (χ0n) is 32.9. The van der Waals surface area contributed by atoms with Gasteiger partial charge in [0.2, 0.25) is 0 Å². The van der Waals surface area contributed by atoms with Gasteiger partial charge < -0.3 is 9.64 Å². The lowest BCUT2D eigenvalue weighted by molar-refractivity contribution is 0.489. The number of ether oxygens (including phenoxy) is 1. The maximum absolute atomic E-state index is 7.26. The fraction of sp³-hybridized carbons (Fsp3) is 0. The van der Waals surface area contributed by atoms with Crippen molar-refractivity contribution < 1.29 is 4.74 Å². The highest BCUT2D eigenvalue weighted by Gasteiger charge is 2.27. The van der Waals surface area contributed by atoms with Crippen LogP contribution in [0.15, 0.2) is 237 Å². The van der Waals surface area contributed by atoms with Gasteiger partial charge in [-0.15, -0.1) is 0 Å². The summed E-state index contributed by atoms with van der Waals surface area (Å²) in [5.74, 6) is 1.65. The van der Waals surface area contributed by atoms with Crippen LogP contribution in [0, 0.1) is 0 Å². The molecule has 2 nitrogen and oxygen atoms in total. The van der Waals surface area contributed by atoms with Crippen LogP contribution in [0.1, 0.15) is 0 Å². The van der Waals surface area contributed by atoms with E-state index >= 15 is 0 Å². The molecule has 0 fully saturated rings.